The second kappa shape index (κ2) is 5.88. The van der Waals surface area contributed by atoms with E-state index in [9.17, 15) is 4.79 Å². The van der Waals surface area contributed by atoms with E-state index in [4.69, 9.17) is 0 Å². The maximum absolute atomic E-state index is 12.7. The molecule has 0 radical (unpaired) electrons. The van der Waals surface area contributed by atoms with Crippen molar-refractivity contribution in [3.8, 4) is 0 Å². The first-order valence-electron chi connectivity index (χ1n) is 7.83. The van der Waals surface area contributed by atoms with Crippen molar-refractivity contribution in [3.63, 3.8) is 0 Å². The van der Waals surface area contributed by atoms with E-state index in [1.54, 1.807) is 12.3 Å². The molecule has 3 aromatic rings. The third kappa shape index (κ3) is 2.45. The lowest BCUT2D eigenvalue weighted by atomic mass is 10.1. The predicted molar refractivity (Wildman–Crippen MR) is 85.0 cm³/mol. The number of nitrogens with zero attached hydrogens (tertiary/aromatic N) is 7. The molecule has 8 heteroatoms. The fraction of sp³-hybridized carbons (Fsp3) is 0.312. The van der Waals surface area contributed by atoms with Gasteiger partial charge in [-0.1, -0.05) is 0 Å². The first-order valence-corrected chi connectivity index (χ1v) is 7.83. The van der Waals surface area contributed by atoms with Crippen LogP contribution in [-0.4, -0.2) is 46.9 Å². The topological polar surface area (TPSA) is 81.7 Å². The number of aromatic nitrogens is 6. The van der Waals surface area contributed by atoms with E-state index in [1.165, 1.54) is 12.4 Å². The SMILES string of the molecule is C[C@H]1c2ncc(Cn3cccn3)n2CCN1C(=O)c1ccnnc1. The molecule has 0 saturated carbocycles. The van der Waals surface area contributed by atoms with Gasteiger partial charge in [-0.25, -0.2) is 4.98 Å². The highest BCUT2D eigenvalue weighted by molar-refractivity contribution is 5.94. The van der Waals surface area contributed by atoms with Crippen LogP contribution in [0.5, 0.6) is 0 Å². The minimum Gasteiger partial charge on any atom is -0.327 e. The molecule has 0 aromatic carbocycles. The highest BCUT2D eigenvalue weighted by Gasteiger charge is 2.30. The van der Waals surface area contributed by atoms with Gasteiger partial charge in [0.05, 0.1) is 42.4 Å². The molecule has 0 unspecified atom stereocenters. The van der Waals surface area contributed by atoms with E-state index in [0.29, 0.717) is 18.7 Å². The van der Waals surface area contributed by atoms with Crippen molar-refractivity contribution in [2.45, 2.75) is 26.1 Å². The highest BCUT2D eigenvalue weighted by Crippen LogP contribution is 2.26. The minimum absolute atomic E-state index is 0.0414. The maximum Gasteiger partial charge on any atom is 0.256 e. The summed E-state index contributed by atoms with van der Waals surface area (Å²) in [5.74, 6) is 0.860. The number of carbonyl (C=O) groups is 1. The Bertz CT molecular complexity index is 841. The van der Waals surface area contributed by atoms with E-state index in [2.05, 4.69) is 24.8 Å². The van der Waals surface area contributed by atoms with Gasteiger partial charge in [0.15, 0.2) is 0 Å². The normalized spacial score (nSPS) is 16.9. The smallest absolute Gasteiger partial charge is 0.256 e. The van der Waals surface area contributed by atoms with Gasteiger partial charge < -0.3 is 9.47 Å². The summed E-state index contributed by atoms with van der Waals surface area (Å²) >= 11 is 0. The van der Waals surface area contributed by atoms with Gasteiger partial charge in [0.25, 0.3) is 5.91 Å². The average molecular weight is 323 g/mol. The molecule has 0 bridgehead atoms. The highest BCUT2D eigenvalue weighted by atomic mass is 16.2. The van der Waals surface area contributed by atoms with Crippen LogP contribution in [0.2, 0.25) is 0 Å². The van der Waals surface area contributed by atoms with Crippen molar-refractivity contribution in [1.29, 1.82) is 0 Å². The van der Waals surface area contributed by atoms with Crippen molar-refractivity contribution in [3.05, 3.63) is 60.2 Å². The van der Waals surface area contributed by atoms with Gasteiger partial charge in [-0.2, -0.15) is 15.3 Å². The number of carbonyl (C=O) groups excluding carboxylic acids is 1. The second-order valence-corrected chi connectivity index (χ2v) is 5.77. The van der Waals surface area contributed by atoms with Gasteiger partial charge in [-0.3, -0.25) is 9.48 Å². The van der Waals surface area contributed by atoms with Crippen LogP contribution in [0.3, 0.4) is 0 Å². The summed E-state index contributed by atoms with van der Waals surface area (Å²) in [7, 11) is 0. The fourth-order valence-electron chi connectivity index (χ4n) is 3.11. The van der Waals surface area contributed by atoms with Crippen molar-refractivity contribution in [2.24, 2.45) is 0 Å². The Kier molecular flexibility index (Phi) is 3.56. The van der Waals surface area contributed by atoms with Crippen LogP contribution in [-0.2, 0) is 13.1 Å². The molecule has 0 fully saturated rings. The molecule has 0 saturated heterocycles. The van der Waals surface area contributed by atoms with Crippen LogP contribution in [0.1, 0.15) is 34.8 Å². The molecule has 122 valence electrons. The zero-order chi connectivity index (χ0) is 16.5. The number of fused-ring (bicyclic) bond motifs is 1. The van der Waals surface area contributed by atoms with E-state index in [1.807, 2.05) is 35.0 Å². The zero-order valence-corrected chi connectivity index (χ0v) is 13.3. The van der Waals surface area contributed by atoms with Gasteiger partial charge >= 0.3 is 0 Å². The number of amides is 1. The van der Waals surface area contributed by atoms with Crippen molar-refractivity contribution >= 4 is 5.91 Å². The second-order valence-electron chi connectivity index (χ2n) is 5.77. The Labute approximate surface area is 138 Å². The molecule has 4 rings (SSSR count). The van der Waals surface area contributed by atoms with Gasteiger partial charge in [0, 0.05) is 25.5 Å². The number of rotatable bonds is 3. The average Bonchev–Trinajstić information content (AvgIpc) is 3.27. The molecular weight excluding hydrogens is 306 g/mol. The molecule has 0 N–H and O–H groups in total. The molecular formula is C16H17N7O. The summed E-state index contributed by atoms with van der Waals surface area (Å²) in [4.78, 5) is 19.1. The lowest BCUT2D eigenvalue weighted by Gasteiger charge is -2.34. The van der Waals surface area contributed by atoms with E-state index in [0.717, 1.165) is 18.1 Å². The summed E-state index contributed by atoms with van der Waals surface area (Å²) < 4.78 is 4.05. The van der Waals surface area contributed by atoms with Crippen LogP contribution in [0, 0.1) is 0 Å². The Morgan fingerprint density at radius 2 is 2.17 bits per heavy atom. The predicted octanol–water partition coefficient (Wildman–Crippen LogP) is 1.13. The molecule has 1 aliphatic heterocycles. The quantitative estimate of drug-likeness (QED) is 0.722. The largest absolute Gasteiger partial charge is 0.327 e. The summed E-state index contributed by atoms with van der Waals surface area (Å²) in [6, 6.07) is 3.50. The van der Waals surface area contributed by atoms with E-state index < -0.39 is 0 Å². The maximum atomic E-state index is 12.7. The number of hydrogen-bond acceptors (Lipinski definition) is 5. The van der Waals surface area contributed by atoms with Crippen molar-refractivity contribution < 1.29 is 4.79 Å². The fourth-order valence-corrected chi connectivity index (χ4v) is 3.11. The Hall–Kier alpha value is -3.03. The summed E-state index contributed by atoms with van der Waals surface area (Å²) in [5.41, 5.74) is 1.65. The van der Waals surface area contributed by atoms with E-state index in [-0.39, 0.29) is 11.9 Å². The standard InChI is InChI=1S/C16H17N7O/c1-12-15-17-10-14(11-21-6-2-4-20-21)23(15)8-7-22(12)16(24)13-3-5-18-19-9-13/h2-6,9-10,12H,7-8,11H2,1H3/t12-/m0/s1. The van der Waals surface area contributed by atoms with Crippen LogP contribution >= 0.6 is 0 Å². The van der Waals surface area contributed by atoms with Crippen LogP contribution in [0.15, 0.2) is 43.1 Å². The monoisotopic (exact) mass is 323 g/mol. The lowest BCUT2D eigenvalue weighted by Crippen LogP contribution is -2.41. The molecule has 8 nitrogen and oxygen atoms in total. The van der Waals surface area contributed by atoms with Crippen LogP contribution < -0.4 is 0 Å². The third-order valence-electron chi connectivity index (χ3n) is 4.35. The molecule has 24 heavy (non-hydrogen) atoms. The first-order chi connectivity index (χ1) is 11.7. The molecule has 4 heterocycles. The van der Waals surface area contributed by atoms with Crippen molar-refractivity contribution in [2.75, 3.05) is 6.54 Å². The number of imidazole rings is 1. The summed E-state index contributed by atoms with van der Waals surface area (Å²) in [5, 5.41) is 11.7. The summed E-state index contributed by atoms with van der Waals surface area (Å²) in [6.07, 6.45) is 8.59. The Balaban J connectivity index is 1.58. The first kappa shape index (κ1) is 14.6. The molecule has 0 spiro atoms. The van der Waals surface area contributed by atoms with E-state index >= 15 is 0 Å². The van der Waals surface area contributed by atoms with Gasteiger partial charge in [0.1, 0.15) is 5.82 Å². The third-order valence-corrected chi connectivity index (χ3v) is 4.35. The van der Waals surface area contributed by atoms with Crippen LogP contribution in [0.25, 0.3) is 0 Å². The zero-order valence-electron chi connectivity index (χ0n) is 13.3. The summed E-state index contributed by atoms with van der Waals surface area (Å²) in [6.45, 7) is 4.04. The minimum atomic E-state index is -0.0919. The molecule has 1 atom stereocenters. The Morgan fingerprint density at radius 3 is 2.92 bits per heavy atom. The Morgan fingerprint density at radius 1 is 1.25 bits per heavy atom. The molecule has 3 aromatic heterocycles. The molecule has 1 amide bonds. The van der Waals surface area contributed by atoms with Crippen molar-refractivity contribution in [1.82, 2.24) is 34.4 Å². The lowest BCUT2D eigenvalue weighted by molar-refractivity contribution is 0.0635. The van der Waals surface area contributed by atoms with Gasteiger partial charge in [-0.15, -0.1) is 0 Å². The van der Waals surface area contributed by atoms with Crippen LogP contribution in [0.4, 0.5) is 0 Å². The molecule has 1 aliphatic rings. The van der Waals surface area contributed by atoms with Gasteiger partial charge in [-0.05, 0) is 19.1 Å². The van der Waals surface area contributed by atoms with Gasteiger partial charge in [0.2, 0.25) is 0 Å². The number of hydrogen-bond donors (Lipinski definition) is 0. The molecule has 0 aliphatic carbocycles.